The topological polar surface area (TPSA) is 64.1 Å². The molecular weight excluding hydrogens is 305 g/mol. The van der Waals surface area contributed by atoms with Crippen molar-refractivity contribution in [2.75, 3.05) is 11.9 Å². The van der Waals surface area contributed by atoms with Crippen LogP contribution in [0.25, 0.3) is 0 Å². The number of nitrogens with one attached hydrogen (secondary N) is 1. The number of carbonyl (C=O) groups is 1. The summed E-state index contributed by atoms with van der Waals surface area (Å²) in [6, 6.07) is 6.35. The van der Waals surface area contributed by atoms with Crippen LogP contribution < -0.4 is 5.32 Å². The molecular formula is C15H16FN3O2S. The van der Waals surface area contributed by atoms with Gasteiger partial charge in [-0.25, -0.2) is 4.39 Å². The Balaban J connectivity index is 1.65. The summed E-state index contributed by atoms with van der Waals surface area (Å²) in [5.41, 5.74) is 0.0362. The number of hydrogen-bond donors (Lipinski definition) is 1. The monoisotopic (exact) mass is 321 g/mol. The predicted molar refractivity (Wildman–Crippen MR) is 81.3 cm³/mol. The molecule has 2 aromatic rings. The highest BCUT2D eigenvalue weighted by Gasteiger charge is 2.38. The molecule has 1 N–H and O–H groups in total. The van der Waals surface area contributed by atoms with Crippen LogP contribution in [-0.4, -0.2) is 28.3 Å². The number of benzene rings is 1. The summed E-state index contributed by atoms with van der Waals surface area (Å²) in [6.07, 6.45) is 2.07. The maximum absolute atomic E-state index is 13.2. The van der Waals surface area contributed by atoms with Gasteiger partial charge in [0, 0.05) is 13.0 Å². The van der Waals surface area contributed by atoms with E-state index in [1.165, 1.54) is 23.5 Å². The van der Waals surface area contributed by atoms with Gasteiger partial charge in [0.1, 0.15) is 16.4 Å². The fourth-order valence-electron chi connectivity index (χ4n) is 2.38. The minimum absolute atomic E-state index is 0.196. The standard InChI is InChI=1S/C15H16FN3O2S/c1-15(6-3-7-21-15)13(20)17-14-19-18-12(22-14)9-10-4-2-5-11(16)8-10/h2,4-5,8H,3,6-7,9H2,1H3,(H,17,19,20)/t15-/m1/s1. The van der Waals surface area contributed by atoms with Gasteiger partial charge < -0.3 is 4.74 Å². The average molecular weight is 321 g/mol. The molecule has 0 radical (unpaired) electrons. The fraction of sp³-hybridized carbons (Fsp3) is 0.400. The van der Waals surface area contributed by atoms with Gasteiger partial charge in [0.05, 0.1) is 0 Å². The summed E-state index contributed by atoms with van der Waals surface area (Å²) in [6.45, 7) is 2.38. The predicted octanol–water partition coefficient (Wildman–Crippen LogP) is 2.78. The number of carbonyl (C=O) groups excluding carboxylic acids is 1. The lowest BCUT2D eigenvalue weighted by Crippen LogP contribution is -2.39. The second kappa shape index (κ2) is 6.10. The van der Waals surface area contributed by atoms with E-state index in [0.717, 1.165) is 17.0 Å². The minimum Gasteiger partial charge on any atom is -0.365 e. The van der Waals surface area contributed by atoms with Gasteiger partial charge in [-0.1, -0.05) is 23.5 Å². The summed E-state index contributed by atoms with van der Waals surface area (Å²) >= 11 is 1.29. The van der Waals surface area contributed by atoms with E-state index in [-0.39, 0.29) is 11.7 Å². The number of nitrogens with zero attached hydrogens (tertiary/aromatic N) is 2. The van der Waals surface area contributed by atoms with Crippen molar-refractivity contribution in [3.63, 3.8) is 0 Å². The second-order valence-electron chi connectivity index (χ2n) is 5.44. The molecule has 3 rings (SSSR count). The van der Waals surface area contributed by atoms with Gasteiger partial charge in [-0.2, -0.15) is 0 Å². The van der Waals surface area contributed by atoms with E-state index in [9.17, 15) is 9.18 Å². The first kappa shape index (κ1) is 15.1. The quantitative estimate of drug-likeness (QED) is 0.940. The SMILES string of the molecule is C[C@]1(C(=O)Nc2nnc(Cc3cccc(F)c3)s2)CCCO1. The number of amides is 1. The maximum Gasteiger partial charge on any atom is 0.258 e. The summed E-state index contributed by atoms with van der Waals surface area (Å²) in [5, 5.41) is 11.9. The Bertz CT molecular complexity index is 683. The number of anilines is 1. The molecule has 7 heteroatoms. The number of rotatable bonds is 4. The second-order valence-corrected chi connectivity index (χ2v) is 6.51. The van der Waals surface area contributed by atoms with Gasteiger partial charge in [0.15, 0.2) is 0 Å². The van der Waals surface area contributed by atoms with Gasteiger partial charge >= 0.3 is 0 Å². The van der Waals surface area contributed by atoms with E-state index in [4.69, 9.17) is 4.74 Å². The van der Waals surface area contributed by atoms with Crippen LogP contribution in [-0.2, 0) is 16.0 Å². The smallest absolute Gasteiger partial charge is 0.258 e. The Hall–Kier alpha value is -1.86. The Kier molecular flexibility index (Phi) is 4.17. The normalized spacial score (nSPS) is 21.0. The molecule has 1 aliphatic heterocycles. The zero-order valence-corrected chi connectivity index (χ0v) is 13.0. The van der Waals surface area contributed by atoms with Crippen LogP contribution in [0.1, 0.15) is 30.3 Å². The molecule has 1 saturated heterocycles. The van der Waals surface area contributed by atoms with Crippen LogP contribution in [0.3, 0.4) is 0 Å². The third-order valence-corrected chi connectivity index (χ3v) is 4.47. The molecule has 1 amide bonds. The molecule has 116 valence electrons. The highest BCUT2D eigenvalue weighted by molar-refractivity contribution is 7.15. The van der Waals surface area contributed by atoms with Gasteiger partial charge in [-0.15, -0.1) is 10.2 Å². The van der Waals surface area contributed by atoms with Crippen molar-refractivity contribution >= 4 is 22.4 Å². The lowest BCUT2D eigenvalue weighted by Gasteiger charge is -2.20. The first-order chi connectivity index (χ1) is 10.5. The van der Waals surface area contributed by atoms with Crippen molar-refractivity contribution < 1.29 is 13.9 Å². The molecule has 1 fully saturated rings. The van der Waals surface area contributed by atoms with Crippen molar-refractivity contribution in [2.45, 2.75) is 31.8 Å². The molecule has 0 bridgehead atoms. The molecule has 1 aliphatic rings. The van der Waals surface area contributed by atoms with E-state index in [1.54, 1.807) is 13.0 Å². The van der Waals surface area contributed by atoms with Gasteiger partial charge in [-0.3, -0.25) is 10.1 Å². The van der Waals surface area contributed by atoms with Crippen molar-refractivity contribution in [1.82, 2.24) is 10.2 Å². The van der Waals surface area contributed by atoms with E-state index in [2.05, 4.69) is 15.5 Å². The molecule has 5 nitrogen and oxygen atoms in total. The average Bonchev–Trinajstić information content (AvgIpc) is 3.09. The van der Waals surface area contributed by atoms with E-state index in [0.29, 0.717) is 24.6 Å². The summed E-state index contributed by atoms with van der Waals surface area (Å²) in [4.78, 5) is 12.2. The van der Waals surface area contributed by atoms with Gasteiger partial charge in [0.2, 0.25) is 5.13 Å². The Morgan fingerprint density at radius 3 is 3.09 bits per heavy atom. The molecule has 2 heterocycles. The number of hydrogen-bond acceptors (Lipinski definition) is 5. The molecule has 22 heavy (non-hydrogen) atoms. The summed E-state index contributed by atoms with van der Waals surface area (Å²) < 4.78 is 18.7. The first-order valence-corrected chi connectivity index (χ1v) is 7.89. The largest absolute Gasteiger partial charge is 0.365 e. The van der Waals surface area contributed by atoms with Crippen LogP contribution in [0.2, 0.25) is 0 Å². The van der Waals surface area contributed by atoms with Crippen molar-refractivity contribution in [2.24, 2.45) is 0 Å². The van der Waals surface area contributed by atoms with Gasteiger partial charge in [-0.05, 0) is 37.5 Å². The molecule has 1 atom stereocenters. The summed E-state index contributed by atoms with van der Waals surface area (Å²) in [5.74, 6) is -0.472. The first-order valence-electron chi connectivity index (χ1n) is 7.07. The number of halogens is 1. The van der Waals surface area contributed by atoms with Crippen LogP contribution in [0, 0.1) is 5.82 Å². The van der Waals surface area contributed by atoms with Crippen LogP contribution in [0.15, 0.2) is 24.3 Å². The maximum atomic E-state index is 13.2. The lowest BCUT2D eigenvalue weighted by molar-refractivity contribution is -0.133. The van der Waals surface area contributed by atoms with Crippen molar-refractivity contribution in [1.29, 1.82) is 0 Å². The lowest BCUT2D eigenvalue weighted by atomic mass is 10.0. The molecule has 0 aliphatic carbocycles. The molecule has 0 saturated carbocycles. The summed E-state index contributed by atoms with van der Waals surface area (Å²) in [7, 11) is 0. The molecule has 1 aromatic carbocycles. The van der Waals surface area contributed by atoms with E-state index < -0.39 is 5.60 Å². The molecule has 1 aromatic heterocycles. The zero-order valence-electron chi connectivity index (χ0n) is 12.1. The zero-order chi connectivity index (χ0) is 15.6. The van der Waals surface area contributed by atoms with Gasteiger partial charge in [0.25, 0.3) is 5.91 Å². The molecule has 0 spiro atoms. The Morgan fingerprint density at radius 2 is 2.36 bits per heavy atom. The van der Waals surface area contributed by atoms with Crippen molar-refractivity contribution in [3.05, 3.63) is 40.7 Å². The van der Waals surface area contributed by atoms with E-state index >= 15 is 0 Å². The van der Waals surface area contributed by atoms with Crippen LogP contribution >= 0.6 is 11.3 Å². The third-order valence-electron chi connectivity index (χ3n) is 3.63. The Labute approximate surface area is 131 Å². The third kappa shape index (κ3) is 3.31. The minimum atomic E-state index is -0.783. The van der Waals surface area contributed by atoms with Crippen LogP contribution in [0.4, 0.5) is 9.52 Å². The van der Waals surface area contributed by atoms with Crippen LogP contribution in [0.5, 0.6) is 0 Å². The fourth-order valence-corrected chi connectivity index (χ4v) is 3.15. The van der Waals surface area contributed by atoms with E-state index in [1.807, 2.05) is 6.07 Å². The Morgan fingerprint density at radius 1 is 1.50 bits per heavy atom. The highest BCUT2D eigenvalue weighted by Crippen LogP contribution is 2.27. The molecule has 0 unspecified atom stereocenters. The number of aromatic nitrogens is 2. The highest BCUT2D eigenvalue weighted by atomic mass is 32.1. The van der Waals surface area contributed by atoms with Crippen molar-refractivity contribution in [3.8, 4) is 0 Å². The number of ether oxygens (including phenoxy) is 1.